The van der Waals surface area contributed by atoms with Crippen molar-refractivity contribution in [2.45, 2.75) is 58.2 Å². The van der Waals surface area contributed by atoms with Crippen LogP contribution in [-0.2, 0) is 13.1 Å². The minimum Gasteiger partial charge on any atom is -0.336 e. The Bertz CT molecular complexity index is 1160. The maximum Gasteiger partial charge on any atom is 0.332 e. The third-order valence-corrected chi connectivity index (χ3v) is 7.31. The SMILES string of the molecule is Cc1c(CN2CCNC2=O)sc2c1c(=O)n(C1CC1C)c(=O)n2CCC(F)(F)C(F)F. The van der Waals surface area contributed by atoms with E-state index in [2.05, 4.69) is 5.32 Å². The molecule has 1 aliphatic heterocycles. The minimum absolute atomic E-state index is 0.0884. The fourth-order valence-electron chi connectivity index (χ4n) is 3.92. The van der Waals surface area contributed by atoms with Gasteiger partial charge in [0.15, 0.2) is 0 Å². The number of rotatable bonds is 7. The van der Waals surface area contributed by atoms with E-state index < -0.39 is 36.6 Å². The molecule has 4 rings (SSSR count). The fraction of sp³-hybridized carbons (Fsp3) is 0.632. The number of nitrogens with one attached hydrogen (secondary N) is 1. The van der Waals surface area contributed by atoms with E-state index in [1.807, 2.05) is 6.92 Å². The van der Waals surface area contributed by atoms with Crippen LogP contribution < -0.4 is 16.6 Å². The van der Waals surface area contributed by atoms with Gasteiger partial charge in [-0.05, 0) is 24.8 Å². The van der Waals surface area contributed by atoms with Crippen molar-refractivity contribution < 1.29 is 22.4 Å². The fourth-order valence-corrected chi connectivity index (χ4v) is 5.25. The molecule has 2 fully saturated rings. The zero-order chi connectivity index (χ0) is 22.7. The number of hydrogen-bond donors (Lipinski definition) is 1. The molecule has 7 nitrogen and oxygen atoms in total. The molecular weight excluding hydrogens is 440 g/mol. The highest BCUT2D eigenvalue weighted by molar-refractivity contribution is 7.18. The van der Waals surface area contributed by atoms with E-state index >= 15 is 0 Å². The number of nitrogens with zero attached hydrogens (tertiary/aromatic N) is 3. The molecule has 170 valence electrons. The van der Waals surface area contributed by atoms with Crippen LogP contribution in [0.5, 0.6) is 0 Å². The molecule has 1 saturated carbocycles. The Hall–Kier alpha value is -2.37. The van der Waals surface area contributed by atoms with Gasteiger partial charge in [0.2, 0.25) is 0 Å². The largest absolute Gasteiger partial charge is 0.336 e. The number of urea groups is 1. The topological polar surface area (TPSA) is 76.3 Å². The Morgan fingerprint density at radius 3 is 2.48 bits per heavy atom. The van der Waals surface area contributed by atoms with Crippen LogP contribution in [0, 0.1) is 12.8 Å². The van der Waals surface area contributed by atoms with Crippen molar-refractivity contribution in [1.29, 1.82) is 0 Å². The standard InChI is InChI=1S/C19H22F4N4O3S/c1-9-7-11(9)27-14(28)13-10(2)12(8-25-6-4-24-17(25)29)31-15(13)26(18(27)30)5-3-19(22,23)16(20)21/h9,11,16H,3-8H2,1-2H3,(H,24,29). The number of hydrogen-bond acceptors (Lipinski definition) is 4. The van der Waals surface area contributed by atoms with Crippen LogP contribution in [0.25, 0.3) is 10.2 Å². The van der Waals surface area contributed by atoms with Gasteiger partial charge in [0.1, 0.15) is 4.83 Å². The summed E-state index contributed by atoms with van der Waals surface area (Å²) < 4.78 is 54.6. The monoisotopic (exact) mass is 462 g/mol. The molecule has 0 radical (unpaired) electrons. The van der Waals surface area contributed by atoms with Crippen molar-refractivity contribution in [3.05, 3.63) is 31.3 Å². The van der Waals surface area contributed by atoms with E-state index in [1.54, 1.807) is 11.8 Å². The molecule has 31 heavy (non-hydrogen) atoms. The van der Waals surface area contributed by atoms with Gasteiger partial charge >= 0.3 is 24.1 Å². The van der Waals surface area contributed by atoms with Gasteiger partial charge in [0, 0.05) is 37.0 Å². The molecule has 1 saturated heterocycles. The van der Waals surface area contributed by atoms with Crippen LogP contribution in [0.4, 0.5) is 22.4 Å². The minimum atomic E-state index is -4.25. The van der Waals surface area contributed by atoms with Crippen LogP contribution in [0.1, 0.15) is 36.2 Å². The summed E-state index contributed by atoms with van der Waals surface area (Å²) >= 11 is 1.06. The second-order valence-electron chi connectivity index (χ2n) is 8.19. The smallest absolute Gasteiger partial charge is 0.332 e. The van der Waals surface area contributed by atoms with Gasteiger partial charge in [0.25, 0.3) is 5.56 Å². The molecule has 1 aliphatic carbocycles. The Kier molecular flexibility index (Phi) is 5.39. The molecule has 2 aromatic rings. The average Bonchev–Trinajstić information content (AvgIpc) is 3.10. The highest BCUT2D eigenvalue weighted by Gasteiger charge is 2.41. The second kappa shape index (κ2) is 7.64. The number of amides is 2. The van der Waals surface area contributed by atoms with Crippen LogP contribution in [0.3, 0.4) is 0 Å². The van der Waals surface area contributed by atoms with E-state index in [1.165, 1.54) is 0 Å². The van der Waals surface area contributed by atoms with Gasteiger partial charge in [-0.1, -0.05) is 6.92 Å². The van der Waals surface area contributed by atoms with Gasteiger partial charge in [-0.2, -0.15) is 0 Å². The van der Waals surface area contributed by atoms with Crippen molar-refractivity contribution in [3.63, 3.8) is 0 Å². The summed E-state index contributed by atoms with van der Waals surface area (Å²) in [6.07, 6.45) is -4.46. The van der Waals surface area contributed by atoms with Crippen molar-refractivity contribution in [1.82, 2.24) is 19.4 Å². The second-order valence-corrected chi connectivity index (χ2v) is 9.27. The van der Waals surface area contributed by atoms with E-state index in [0.29, 0.717) is 30.0 Å². The predicted octanol–water partition coefficient (Wildman–Crippen LogP) is 2.93. The lowest BCUT2D eigenvalue weighted by molar-refractivity contribution is -0.134. The molecule has 2 unspecified atom stereocenters. The highest BCUT2D eigenvalue weighted by atomic mass is 32.1. The van der Waals surface area contributed by atoms with Gasteiger partial charge < -0.3 is 10.2 Å². The van der Waals surface area contributed by atoms with Gasteiger partial charge in [0.05, 0.1) is 11.9 Å². The molecule has 3 heterocycles. The number of aromatic nitrogens is 2. The lowest BCUT2D eigenvalue weighted by Crippen LogP contribution is -2.41. The molecule has 2 atom stereocenters. The maximum atomic E-state index is 13.6. The summed E-state index contributed by atoms with van der Waals surface area (Å²) in [7, 11) is 0. The summed E-state index contributed by atoms with van der Waals surface area (Å²) in [6.45, 7) is 4.09. The number of aryl methyl sites for hydroxylation is 2. The molecule has 2 amide bonds. The molecular formula is C19H22F4N4O3S. The summed E-state index contributed by atoms with van der Waals surface area (Å²) in [6, 6.07) is -0.589. The number of fused-ring (bicyclic) bond motifs is 1. The first kappa shape index (κ1) is 21.8. The van der Waals surface area contributed by atoms with Gasteiger partial charge in [-0.15, -0.1) is 11.3 Å². The van der Waals surface area contributed by atoms with Crippen molar-refractivity contribution in [3.8, 4) is 0 Å². The number of carbonyl (C=O) groups is 1. The number of alkyl halides is 4. The average molecular weight is 462 g/mol. The Labute approximate surface area is 178 Å². The first-order valence-corrected chi connectivity index (χ1v) is 10.8. The molecule has 1 N–H and O–H groups in total. The molecule has 0 spiro atoms. The Morgan fingerprint density at radius 1 is 1.26 bits per heavy atom. The third kappa shape index (κ3) is 3.74. The zero-order valence-electron chi connectivity index (χ0n) is 17.0. The summed E-state index contributed by atoms with van der Waals surface area (Å²) in [5.41, 5.74) is -0.693. The lowest BCUT2D eigenvalue weighted by atomic mass is 10.2. The summed E-state index contributed by atoms with van der Waals surface area (Å²) in [4.78, 5) is 40.5. The third-order valence-electron chi connectivity index (χ3n) is 6.01. The first-order valence-electron chi connectivity index (χ1n) is 9.99. The van der Waals surface area contributed by atoms with E-state index in [0.717, 1.165) is 20.5 Å². The molecule has 2 aromatic heterocycles. The lowest BCUT2D eigenvalue weighted by Gasteiger charge is -2.17. The normalized spacial score (nSPS) is 21.4. The Balaban J connectivity index is 1.84. The van der Waals surface area contributed by atoms with Crippen LogP contribution >= 0.6 is 11.3 Å². The van der Waals surface area contributed by atoms with Crippen LogP contribution in [0.15, 0.2) is 9.59 Å². The number of thiophene rings is 1. The predicted molar refractivity (Wildman–Crippen MR) is 107 cm³/mol. The van der Waals surface area contributed by atoms with Crippen LogP contribution in [0.2, 0.25) is 0 Å². The van der Waals surface area contributed by atoms with Crippen molar-refractivity contribution in [2.24, 2.45) is 5.92 Å². The number of halogens is 4. The van der Waals surface area contributed by atoms with Gasteiger partial charge in [-0.25, -0.2) is 27.2 Å². The molecule has 2 aliphatic rings. The van der Waals surface area contributed by atoms with Crippen molar-refractivity contribution in [2.75, 3.05) is 13.1 Å². The maximum absolute atomic E-state index is 13.6. The quantitative estimate of drug-likeness (QED) is 0.643. The molecule has 12 heteroatoms. The van der Waals surface area contributed by atoms with Crippen molar-refractivity contribution >= 4 is 27.6 Å². The van der Waals surface area contributed by atoms with E-state index in [4.69, 9.17) is 0 Å². The zero-order valence-corrected chi connectivity index (χ0v) is 17.8. The summed E-state index contributed by atoms with van der Waals surface area (Å²) in [5, 5.41) is 2.90. The molecule has 0 aromatic carbocycles. The first-order chi connectivity index (χ1) is 14.5. The van der Waals surface area contributed by atoms with Gasteiger partial charge in [-0.3, -0.25) is 13.9 Å². The van der Waals surface area contributed by atoms with E-state index in [-0.39, 0.29) is 34.8 Å². The Morgan fingerprint density at radius 2 is 1.94 bits per heavy atom. The summed E-state index contributed by atoms with van der Waals surface area (Å²) in [5.74, 6) is -4.16. The number of carbonyl (C=O) groups excluding carboxylic acids is 1. The highest BCUT2D eigenvalue weighted by Crippen LogP contribution is 2.41. The van der Waals surface area contributed by atoms with E-state index in [9.17, 15) is 31.9 Å². The van der Waals surface area contributed by atoms with Crippen LogP contribution in [-0.4, -0.2) is 45.5 Å². The molecule has 0 bridgehead atoms.